The van der Waals surface area contributed by atoms with Crippen LogP contribution in [0.2, 0.25) is 0 Å². The maximum Gasteiger partial charge on any atom is 0.241 e. The van der Waals surface area contributed by atoms with Gasteiger partial charge in [-0.2, -0.15) is 0 Å². The number of hydrogen-bond donors (Lipinski definition) is 2. The lowest BCUT2D eigenvalue weighted by atomic mass is 9.76. The van der Waals surface area contributed by atoms with Gasteiger partial charge in [-0.25, -0.2) is 13.1 Å². The summed E-state index contributed by atoms with van der Waals surface area (Å²) in [6.07, 6.45) is 3.69. The monoisotopic (exact) mass is 283 g/mol. The molecule has 2 N–H and O–H groups in total. The summed E-state index contributed by atoms with van der Waals surface area (Å²) in [6, 6.07) is 5.01. The van der Waals surface area contributed by atoms with Gasteiger partial charge in [-0.3, -0.25) is 0 Å². The maximum absolute atomic E-state index is 12.5. The van der Waals surface area contributed by atoms with E-state index in [1.54, 1.807) is 25.1 Å². The lowest BCUT2D eigenvalue weighted by Gasteiger charge is -2.41. The molecule has 2 rings (SSSR count). The number of aliphatic hydroxyl groups is 1. The zero-order valence-corrected chi connectivity index (χ0v) is 12.3. The van der Waals surface area contributed by atoms with Crippen LogP contribution >= 0.6 is 0 Å². The predicted octanol–water partition coefficient (Wildman–Crippen LogP) is 2.10. The minimum atomic E-state index is -3.52. The Morgan fingerprint density at radius 1 is 1.37 bits per heavy atom. The first kappa shape index (κ1) is 14.5. The molecule has 0 aliphatic heterocycles. The number of aliphatic hydroxyl groups excluding tert-OH is 1. The van der Waals surface area contributed by atoms with E-state index in [0.29, 0.717) is 11.1 Å². The van der Waals surface area contributed by atoms with E-state index in [1.165, 1.54) is 0 Å². The third-order valence-corrected chi connectivity index (χ3v) is 5.92. The van der Waals surface area contributed by atoms with Crippen molar-refractivity contribution >= 4 is 10.0 Å². The third kappa shape index (κ3) is 2.68. The average molecular weight is 283 g/mol. The summed E-state index contributed by atoms with van der Waals surface area (Å²) in [5.74, 6) is 0. The van der Waals surface area contributed by atoms with Crippen LogP contribution < -0.4 is 4.72 Å². The normalized spacial score (nSPS) is 18.1. The summed E-state index contributed by atoms with van der Waals surface area (Å²) in [7, 11) is -3.52. The van der Waals surface area contributed by atoms with E-state index in [-0.39, 0.29) is 17.0 Å². The SMILES string of the molecule is CCC1(NS(=O)(=O)c2cccc(CO)c2C)CCC1. The number of sulfonamides is 1. The summed E-state index contributed by atoms with van der Waals surface area (Å²) >= 11 is 0. The van der Waals surface area contributed by atoms with Gasteiger partial charge in [0.05, 0.1) is 11.5 Å². The van der Waals surface area contributed by atoms with E-state index in [0.717, 1.165) is 25.7 Å². The predicted molar refractivity (Wildman–Crippen MR) is 74.3 cm³/mol. The standard InChI is InChI=1S/C14H21NO3S/c1-3-14(8-5-9-14)15-19(17,18)13-7-4-6-12(10-16)11(13)2/h4,6-7,15-16H,3,5,8-10H2,1-2H3. The molecule has 19 heavy (non-hydrogen) atoms. The fourth-order valence-electron chi connectivity index (χ4n) is 2.59. The lowest BCUT2D eigenvalue weighted by Crippen LogP contribution is -2.52. The van der Waals surface area contributed by atoms with Crippen molar-refractivity contribution in [3.8, 4) is 0 Å². The van der Waals surface area contributed by atoms with Gasteiger partial charge >= 0.3 is 0 Å². The van der Waals surface area contributed by atoms with Gasteiger partial charge in [0, 0.05) is 5.54 Å². The minimum Gasteiger partial charge on any atom is -0.392 e. The highest BCUT2D eigenvalue weighted by Gasteiger charge is 2.39. The molecule has 0 aromatic heterocycles. The molecule has 106 valence electrons. The summed E-state index contributed by atoms with van der Waals surface area (Å²) in [5.41, 5.74) is 1.02. The smallest absolute Gasteiger partial charge is 0.241 e. The Balaban J connectivity index is 2.35. The molecule has 1 aromatic rings. The highest BCUT2D eigenvalue weighted by Crippen LogP contribution is 2.36. The first-order chi connectivity index (χ1) is 8.94. The van der Waals surface area contributed by atoms with E-state index in [9.17, 15) is 13.5 Å². The molecular weight excluding hydrogens is 262 g/mol. The lowest BCUT2D eigenvalue weighted by molar-refractivity contribution is 0.214. The first-order valence-electron chi connectivity index (χ1n) is 6.67. The van der Waals surface area contributed by atoms with Crippen molar-refractivity contribution in [2.45, 2.75) is 56.6 Å². The van der Waals surface area contributed by atoms with Crippen molar-refractivity contribution in [1.82, 2.24) is 4.72 Å². The van der Waals surface area contributed by atoms with Gasteiger partial charge in [0.25, 0.3) is 0 Å². The zero-order valence-electron chi connectivity index (χ0n) is 11.4. The second-order valence-corrected chi connectivity index (χ2v) is 6.94. The fraction of sp³-hybridized carbons (Fsp3) is 0.571. The van der Waals surface area contributed by atoms with Crippen molar-refractivity contribution in [2.75, 3.05) is 0 Å². The molecule has 0 saturated heterocycles. The number of benzene rings is 1. The van der Waals surface area contributed by atoms with Crippen LogP contribution in [0.25, 0.3) is 0 Å². The Morgan fingerprint density at radius 3 is 2.53 bits per heavy atom. The van der Waals surface area contributed by atoms with Crippen molar-refractivity contribution < 1.29 is 13.5 Å². The maximum atomic E-state index is 12.5. The van der Waals surface area contributed by atoms with Crippen molar-refractivity contribution in [1.29, 1.82) is 0 Å². The molecule has 1 saturated carbocycles. The Labute approximate surface area is 114 Å². The van der Waals surface area contributed by atoms with Crippen molar-refractivity contribution in [2.24, 2.45) is 0 Å². The number of nitrogens with one attached hydrogen (secondary N) is 1. The highest BCUT2D eigenvalue weighted by molar-refractivity contribution is 7.89. The van der Waals surface area contributed by atoms with E-state index >= 15 is 0 Å². The first-order valence-corrected chi connectivity index (χ1v) is 8.16. The third-order valence-electron chi connectivity index (χ3n) is 4.19. The molecule has 0 heterocycles. The molecule has 5 heteroatoms. The summed E-state index contributed by atoms with van der Waals surface area (Å²) in [5, 5.41) is 9.23. The number of rotatable bonds is 5. The molecule has 0 atom stereocenters. The largest absolute Gasteiger partial charge is 0.392 e. The molecule has 1 fully saturated rings. The Kier molecular flexibility index (Phi) is 3.99. The van der Waals surface area contributed by atoms with Crippen LogP contribution in [0.15, 0.2) is 23.1 Å². The topological polar surface area (TPSA) is 66.4 Å². The molecule has 0 unspecified atom stereocenters. The van der Waals surface area contributed by atoms with Gasteiger partial charge in [-0.05, 0) is 49.8 Å². The highest BCUT2D eigenvalue weighted by atomic mass is 32.2. The van der Waals surface area contributed by atoms with Crippen LogP contribution in [0.1, 0.15) is 43.7 Å². The van der Waals surface area contributed by atoms with Crippen LogP contribution in [0.5, 0.6) is 0 Å². The van der Waals surface area contributed by atoms with E-state index < -0.39 is 10.0 Å². The van der Waals surface area contributed by atoms with Crippen LogP contribution in [-0.2, 0) is 16.6 Å². The summed E-state index contributed by atoms with van der Waals surface area (Å²) < 4.78 is 27.8. The molecular formula is C14H21NO3S. The fourth-order valence-corrected chi connectivity index (χ4v) is 4.41. The molecule has 0 bridgehead atoms. The molecule has 1 aliphatic rings. The Morgan fingerprint density at radius 2 is 2.05 bits per heavy atom. The van der Waals surface area contributed by atoms with Crippen LogP contribution in [-0.4, -0.2) is 19.1 Å². The van der Waals surface area contributed by atoms with Gasteiger partial charge < -0.3 is 5.11 Å². The van der Waals surface area contributed by atoms with Gasteiger partial charge in [0.15, 0.2) is 0 Å². The van der Waals surface area contributed by atoms with Crippen molar-refractivity contribution in [3.63, 3.8) is 0 Å². The summed E-state index contributed by atoms with van der Waals surface area (Å²) in [6.45, 7) is 3.60. The van der Waals surface area contributed by atoms with Crippen molar-refractivity contribution in [3.05, 3.63) is 29.3 Å². The quantitative estimate of drug-likeness (QED) is 0.869. The molecule has 4 nitrogen and oxygen atoms in total. The molecule has 0 amide bonds. The Hall–Kier alpha value is -0.910. The molecule has 0 radical (unpaired) electrons. The molecule has 1 aromatic carbocycles. The summed E-state index contributed by atoms with van der Waals surface area (Å²) in [4.78, 5) is 0.277. The Bertz CT molecular complexity index is 557. The second-order valence-electron chi connectivity index (χ2n) is 5.29. The molecule has 1 aliphatic carbocycles. The van der Waals surface area contributed by atoms with Gasteiger partial charge in [-0.1, -0.05) is 19.1 Å². The van der Waals surface area contributed by atoms with Gasteiger partial charge in [-0.15, -0.1) is 0 Å². The number of hydrogen-bond acceptors (Lipinski definition) is 3. The zero-order chi connectivity index (χ0) is 14.1. The van der Waals surface area contributed by atoms with E-state index in [1.807, 2.05) is 6.92 Å². The molecule has 0 spiro atoms. The average Bonchev–Trinajstić information content (AvgIpc) is 2.34. The second kappa shape index (κ2) is 5.23. The van der Waals surface area contributed by atoms with Crippen LogP contribution in [0.3, 0.4) is 0 Å². The van der Waals surface area contributed by atoms with Gasteiger partial charge in [0.2, 0.25) is 10.0 Å². The van der Waals surface area contributed by atoms with Crippen LogP contribution in [0, 0.1) is 6.92 Å². The van der Waals surface area contributed by atoms with E-state index in [4.69, 9.17) is 0 Å². The van der Waals surface area contributed by atoms with Gasteiger partial charge in [0.1, 0.15) is 0 Å². The van der Waals surface area contributed by atoms with Crippen LogP contribution in [0.4, 0.5) is 0 Å². The van der Waals surface area contributed by atoms with E-state index in [2.05, 4.69) is 4.72 Å². The minimum absolute atomic E-state index is 0.145.